The van der Waals surface area contributed by atoms with Gasteiger partial charge in [0.05, 0.1) is 17.5 Å². The molecule has 2 heterocycles. The minimum atomic E-state index is -2.90. The van der Waals surface area contributed by atoms with Crippen LogP contribution >= 0.6 is 27.3 Å². The highest BCUT2D eigenvalue weighted by Gasteiger charge is 2.31. The molecule has 0 aromatic carbocycles. The van der Waals surface area contributed by atoms with Crippen molar-refractivity contribution in [3.05, 3.63) is 20.8 Å². The summed E-state index contributed by atoms with van der Waals surface area (Å²) in [6.07, 6.45) is 0.849. The van der Waals surface area contributed by atoms with E-state index in [2.05, 4.69) is 21.2 Å². The van der Waals surface area contributed by atoms with Crippen LogP contribution in [0.2, 0.25) is 0 Å². The summed E-state index contributed by atoms with van der Waals surface area (Å²) in [7, 11) is -2.90. The SMILES string of the molecule is CCC1CS(=O)(=O)CC(c2cc(Br)cs2)N1. The molecular formula is C10H14BrNO2S2. The fraction of sp³-hybridized carbons (Fsp3) is 0.600. The van der Waals surface area contributed by atoms with Crippen LogP contribution in [0.1, 0.15) is 24.3 Å². The lowest BCUT2D eigenvalue weighted by molar-refractivity contribution is 0.444. The van der Waals surface area contributed by atoms with Gasteiger partial charge in [0.25, 0.3) is 0 Å². The second-order valence-corrected chi connectivity index (χ2v) is 8.08. The molecule has 1 aliphatic heterocycles. The largest absolute Gasteiger partial charge is 0.305 e. The highest BCUT2D eigenvalue weighted by Crippen LogP contribution is 2.29. The molecule has 1 saturated heterocycles. The van der Waals surface area contributed by atoms with Gasteiger partial charge in [0.2, 0.25) is 0 Å². The summed E-state index contributed by atoms with van der Waals surface area (Å²) in [5.74, 6) is 0.489. The highest BCUT2D eigenvalue weighted by molar-refractivity contribution is 9.10. The third kappa shape index (κ3) is 2.85. The highest BCUT2D eigenvalue weighted by atomic mass is 79.9. The molecule has 1 aliphatic rings. The van der Waals surface area contributed by atoms with E-state index in [9.17, 15) is 8.42 Å². The average molecular weight is 324 g/mol. The Hall–Kier alpha value is 0.0900. The summed E-state index contributed by atoms with van der Waals surface area (Å²) in [5.41, 5.74) is 0. The molecule has 0 amide bonds. The molecule has 90 valence electrons. The molecule has 3 nitrogen and oxygen atoms in total. The fourth-order valence-corrected chi connectivity index (χ4v) is 5.40. The van der Waals surface area contributed by atoms with Crippen LogP contribution in [0.15, 0.2) is 15.9 Å². The van der Waals surface area contributed by atoms with Crippen LogP contribution in [0.4, 0.5) is 0 Å². The van der Waals surface area contributed by atoms with E-state index in [1.165, 1.54) is 0 Å². The van der Waals surface area contributed by atoms with Crippen molar-refractivity contribution >= 4 is 37.1 Å². The first-order valence-corrected chi connectivity index (χ1v) is 8.70. The summed E-state index contributed by atoms with van der Waals surface area (Å²) >= 11 is 4.99. The van der Waals surface area contributed by atoms with Crippen molar-refractivity contribution < 1.29 is 8.42 Å². The monoisotopic (exact) mass is 323 g/mol. The maximum atomic E-state index is 11.8. The van der Waals surface area contributed by atoms with Gasteiger partial charge in [-0.05, 0) is 28.4 Å². The Bertz CT molecular complexity index is 469. The zero-order valence-corrected chi connectivity index (χ0v) is 12.2. The summed E-state index contributed by atoms with van der Waals surface area (Å²) in [6, 6.07) is 2.04. The van der Waals surface area contributed by atoms with Crippen molar-refractivity contribution in [3.8, 4) is 0 Å². The third-order valence-electron chi connectivity index (χ3n) is 2.74. The molecule has 2 rings (SSSR count). The van der Waals surface area contributed by atoms with Gasteiger partial charge in [-0.1, -0.05) is 6.92 Å². The molecule has 1 N–H and O–H groups in total. The maximum Gasteiger partial charge on any atom is 0.153 e. The quantitative estimate of drug-likeness (QED) is 0.908. The van der Waals surface area contributed by atoms with E-state index < -0.39 is 9.84 Å². The third-order valence-corrected chi connectivity index (χ3v) is 6.30. The summed E-state index contributed by atoms with van der Waals surface area (Å²) in [5, 5.41) is 5.38. The van der Waals surface area contributed by atoms with Crippen LogP contribution in [0.5, 0.6) is 0 Å². The minimum Gasteiger partial charge on any atom is -0.305 e. The number of nitrogens with one attached hydrogen (secondary N) is 1. The maximum absolute atomic E-state index is 11.8. The molecule has 1 aromatic rings. The molecule has 1 fully saturated rings. The van der Waals surface area contributed by atoms with E-state index >= 15 is 0 Å². The average Bonchev–Trinajstić information content (AvgIpc) is 2.62. The molecule has 0 aliphatic carbocycles. The number of halogens is 1. The van der Waals surface area contributed by atoms with E-state index in [1.807, 2.05) is 18.4 Å². The topological polar surface area (TPSA) is 46.2 Å². The summed E-state index contributed by atoms with van der Waals surface area (Å²) in [4.78, 5) is 1.09. The van der Waals surface area contributed by atoms with E-state index in [-0.39, 0.29) is 23.6 Å². The molecule has 2 atom stereocenters. The number of hydrogen-bond acceptors (Lipinski definition) is 4. The Balaban J connectivity index is 2.22. The molecule has 0 bridgehead atoms. The van der Waals surface area contributed by atoms with Crippen molar-refractivity contribution in [2.24, 2.45) is 0 Å². The normalized spacial score (nSPS) is 29.1. The molecule has 0 spiro atoms. The predicted octanol–water partition coefficient (Wildman–Crippen LogP) is 2.35. The first-order chi connectivity index (χ1) is 7.50. The minimum absolute atomic E-state index is 0.0417. The second kappa shape index (κ2) is 4.76. The standard InChI is InChI=1S/C10H14BrNO2S2/c1-2-8-5-16(13,14)6-9(12-8)10-3-7(11)4-15-10/h3-4,8-9,12H,2,5-6H2,1H3. The van der Waals surface area contributed by atoms with Crippen LogP contribution in [-0.4, -0.2) is 26.0 Å². The molecule has 1 aromatic heterocycles. The van der Waals surface area contributed by atoms with E-state index in [4.69, 9.17) is 0 Å². The smallest absolute Gasteiger partial charge is 0.153 e. The van der Waals surface area contributed by atoms with E-state index in [1.54, 1.807) is 11.3 Å². The van der Waals surface area contributed by atoms with Crippen LogP contribution in [0.3, 0.4) is 0 Å². The first kappa shape index (κ1) is 12.5. The number of hydrogen-bond donors (Lipinski definition) is 1. The Labute approximate surface area is 108 Å². The zero-order valence-electron chi connectivity index (χ0n) is 8.94. The lowest BCUT2D eigenvalue weighted by Gasteiger charge is -2.29. The number of sulfone groups is 1. The predicted molar refractivity (Wildman–Crippen MR) is 70.6 cm³/mol. The Morgan fingerprint density at radius 3 is 2.88 bits per heavy atom. The molecular weight excluding hydrogens is 310 g/mol. The first-order valence-electron chi connectivity index (χ1n) is 5.20. The fourth-order valence-electron chi connectivity index (χ4n) is 1.92. The van der Waals surface area contributed by atoms with E-state index in [0.29, 0.717) is 0 Å². The number of rotatable bonds is 2. The Morgan fingerprint density at radius 1 is 1.56 bits per heavy atom. The van der Waals surface area contributed by atoms with Gasteiger partial charge in [-0.2, -0.15) is 0 Å². The van der Waals surface area contributed by atoms with Gasteiger partial charge in [-0.3, -0.25) is 0 Å². The van der Waals surface area contributed by atoms with Crippen molar-refractivity contribution in [1.29, 1.82) is 0 Å². The van der Waals surface area contributed by atoms with Crippen LogP contribution in [0, 0.1) is 0 Å². The van der Waals surface area contributed by atoms with Gasteiger partial charge >= 0.3 is 0 Å². The van der Waals surface area contributed by atoms with Crippen molar-refractivity contribution in [3.63, 3.8) is 0 Å². The van der Waals surface area contributed by atoms with Gasteiger partial charge in [-0.15, -0.1) is 11.3 Å². The summed E-state index contributed by atoms with van der Waals surface area (Å²) < 4.78 is 24.5. The zero-order chi connectivity index (χ0) is 11.8. The van der Waals surface area contributed by atoms with Crippen LogP contribution < -0.4 is 5.32 Å². The lowest BCUT2D eigenvalue weighted by Crippen LogP contribution is -2.46. The molecule has 2 unspecified atom stereocenters. The van der Waals surface area contributed by atoms with Gasteiger partial charge in [0, 0.05) is 20.8 Å². The van der Waals surface area contributed by atoms with Gasteiger partial charge in [0.15, 0.2) is 9.84 Å². The Morgan fingerprint density at radius 2 is 2.31 bits per heavy atom. The molecule has 16 heavy (non-hydrogen) atoms. The van der Waals surface area contributed by atoms with Crippen molar-refractivity contribution in [2.75, 3.05) is 11.5 Å². The van der Waals surface area contributed by atoms with Crippen LogP contribution in [-0.2, 0) is 9.84 Å². The second-order valence-electron chi connectivity index (χ2n) is 4.07. The Kier molecular flexibility index (Phi) is 3.73. The molecule has 6 heteroatoms. The van der Waals surface area contributed by atoms with Crippen LogP contribution in [0.25, 0.3) is 0 Å². The van der Waals surface area contributed by atoms with Gasteiger partial charge in [-0.25, -0.2) is 8.42 Å². The number of thiophene rings is 1. The van der Waals surface area contributed by atoms with E-state index in [0.717, 1.165) is 15.8 Å². The molecule has 0 saturated carbocycles. The van der Waals surface area contributed by atoms with Crippen molar-refractivity contribution in [1.82, 2.24) is 5.32 Å². The lowest BCUT2D eigenvalue weighted by atomic mass is 10.2. The summed E-state index contributed by atoms with van der Waals surface area (Å²) in [6.45, 7) is 2.01. The molecule has 0 radical (unpaired) electrons. The van der Waals surface area contributed by atoms with Crippen molar-refractivity contribution in [2.45, 2.75) is 25.4 Å². The van der Waals surface area contributed by atoms with Gasteiger partial charge in [0.1, 0.15) is 0 Å². The van der Waals surface area contributed by atoms with Gasteiger partial charge < -0.3 is 5.32 Å².